The molecule has 0 saturated carbocycles. The van der Waals surface area contributed by atoms with Crippen LogP contribution in [0.4, 0.5) is 24.4 Å². The maximum atomic E-state index is 17.0. The van der Waals surface area contributed by atoms with E-state index in [9.17, 15) is 10.1 Å². The Labute approximate surface area is 280 Å². The number of hydrogen-bond donors (Lipinski definition) is 2. The SMILES string of the molecule is C[C@H]1CNCCN1c1nc(OC[C@@H]2CCCN2C)nc2c(F)c(-c3ccc(F)c4sc(NC(=O)OC(C)(C)C)c(C#N)c34)c(Cl)cc12. The van der Waals surface area contributed by atoms with Gasteiger partial charge in [0, 0.05) is 48.1 Å². The number of nitriles is 1. The van der Waals surface area contributed by atoms with Crippen molar-refractivity contribution in [1.82, 2.24) is 20.2 Å². The molecule has 2 atom stereocenters. The van der Waals surface area contributed by atoms with Gasteiger partial charge in [0.05, 0.1) is 15.3 Å². The summed E-state index contributed by atoms with van der Waals surface area (Å²) < 4.78 is 43.7. The average Bonchev–Trinajstić information content (AvgIpc) is 3.59. The van der Waals surface area contributed by atoms with Gasteiger partial charge in [0.2, 0.25) is 0 Å². The predicted molar refractivity (Wildman–Crippen MR) is 181 cm³/mol. The quantitative estimate of drug-likeness (QED) is 0.223. The summed E-state index contributed by atoms with van der Waals surface area (Å²) in [4.78, 5) is 26.2. The van der Waals surface area contributed by atoms with Crippen LogP contribution in [0.15, 0.2) is 18.2 Å². The Kier molecular flexibility index (Phi) is 9.15. The molecule has 0 unspecified atom stereocenters. The highest BCUT2D eigenvalue weighted by Crippen LogP contribution is 2.46. The molecular weight excluding hydrogens is 648 g/mol. The van der Waals surface area contributed by atoms with E-state index in [1.165, 1.54) is 12.1 Å². The second-order valence-corrected chi connectivity index (χ2v) is 14.4. The van der Waals surface area contributed by atoms with E-state index in [1.807, 2.05) is 7.05 Å². The van der Waals surface area contributed by atoms with E-state index in [-0.39, 0.29) is 60.4 Å². The minimum Gasteiger partial charge on any atom is -0.462 e. The summed E-state index contributed by atoms with van der Waals surface area (Å²) in [7, 11) is 2.04. The molecule has 2 saturated heterocycles. The lowest BCUT2D eigenvalue weighted by atomic mass is 9.97. The number of aromatic nitrogens is 2. The molecule has 2 aromatic carbocycles. The monoisotopic (exact) mass is 683 g/mol. The molecule has 0 spiro atoms. The number of piperazine rings is 1. The number of nitrogens with zero attached hydrogens (tertiary/aromatic N) is 5. The Morgan fingerprint density at radius 1 is 1.28 bits per heavy atom. The molecule has 248 valence electrons. The number of benzene rings is 2. The molecule has 10 nitrogen and oxygen atoms in total. The molecule has 2 aromatic heterocycles. The van der Waals surface area contributed by atoms with Crippen molar-refractivity contribution < 1.29 is 23.0 Å². The fourth-order valence-corrected chi connectivity index (χ4v) is 7.54. The topological polar surface area (TPSA) is 116 Å². The molecule has 1 amide bonds. The normalized spacial score (nSPS) is 18.9. The molecule has 0 aliphatic carbocycles. The van der Waals surface area contributed by atoms with E-state index in [1.54, 1.807) is 26.8 Å². The van der Waals surface area contributed by atoms with Crippen molar-refractivity contribution in [2.75, 3.05) is 50.1 Å². The van der Waals surface area contributed by atoms with Crippen LogP contribution in [0.5, 0.6) is 6.01 Å². The number of amides is 1. The van der Waals surface area contributed by atoms with Gasteiger partial charge in [-0.25, -0.2) is 13.6 Å². The fraction of sp³-hybridized carbons (Fsp3) is 0.455. The van der Waals surface area contributed by atoms with Crippen LogP contribution in [0.25, 0.3) is 32.1 Å². The van der Waals surface area contributed by atoms with Crippen molar-refractivity contribution in [1.29, 1.82) is 5.26 Å². The number of rotatable bonds is 6. The van der Waals surface area contributed by atoms with Crippen LogP contribution >= 0.6 is 22.9 Å². The molecule has 47 heavy (non-hydrogen) atoms. The van der Waals surface area contributed by atoms with E-state index in [2.05, 4.69) is 38.4 Å². The number of likely N-dealkylation sites (tertiary alicyclic amines) is 1. The van der Waals surface area contributed by atoms with E-state index in [0.29, 0.717) is 30.9 Å². The third-order valence-electron chi connectivity index (χ3n) is 8.48. The van der Waals surface area contributed by atoms with Crippen molar-refractivity contribution >= 4 is 60.8 Å². The standard InChI is InChI=1S/C33H36ClF2N7O3S/c1-17-15-38-10-12-43(17)29-20-13-22(34)25(26(36)27(20)39-31(40-29)45-16-18-7-6-11-42(18)5)19-8-9-23(35)28-24(19)21(14-37)30(47-28)41-32(44)46-33(2,3)4/h8-9,13,17-18,38H,6-7,10-12,15-16H2,1-5H3,(H,41,44)/t17-,18-/m0/s1. The highest BCUT2D eigenvalue weighted by atomic mass is 35.5. The number of fused-ring (bicyclic) bond motifs is 2. The van der Waals surface area contributed by atoms with Crippen LogP contribution in [0.2, 0.25) is 5.02 Å². The second-order valence-electron chi connectivity index (χ2n) is 13.0. The van der Waals surface area contributed by atoms with Crippen molar-refractivity contribution in [3.63, 3.8) is 0 Å². The van der Waals surface area contributed by atoms with Gasteiger partial charge in [-0.2, -0.15) is 15.2 Å². The molecule has 4 aromatic rings. The first-order valence-corrected chi connectivity index (χ1v) is 16.7. The lowest BCUT2D eigenvalue weighted by Crippen LogP contribution is -2.50. The second kappa shape index (κ2) is 13.0. The van der Waals surface area contributed by atoms with E-state index >= 15 is 8.78 Å². The molecule has 2 N–H and O–H groups in total. The van der Waals surface area contributed by atoms with Gasteiger partial charge in [-0.3, -0.25) is 5.32 Å². The van der Waals surface area contributed by atoms with Crippen LogP contribution in [0.1, 0.15) is 46.1 Å². The molecule has 4 heterocycles. The summed E-state index contributed by atoms with van der Waals surface area (Å²) in [5.74, 6) is -0.886. The highest BCUT2D eigenvalue weighted by Gasteiger charge is 2.30. The summed E-state index contributed by atoms with van der Waals surface area (Å²) in [6.45, 7) is 10.5. The largest absolute Gasteiger partial charge is 0.462 e. The molecule has 6 rings (SSSR count). The summed E-state index contributed by atoms with van der Waals surface area (Å²) in [5.41, 5.74) is -0.718. The minimum absolute atomic E-state index is 0.00627. The zero-order valence-corrected chi connectivity index (χ0v) is 28.4. The number of ether oxygens (including phenoxy) is 2. The number of nitrogens with one attached hydrogen (secondary N) is 2. The molecule has 2 aliphatic rings. The van der Waals surface area contributed by atoms with Crippen molar-refractivity contribution in [3.05, 3.63) is 40.4 Å². The van der Waals surface area contributed by atoms with Crippen LogP contribution < -0.4 is 20.3 Å². The number of carbonyl (C=O) groups excluding carboxylic acids is 1. The van der Waals surface area contributed by atoms with E-state index < -0.39 is 23.3 Å². The van der Waals surface area contributed by atoms with Gasteiger partial charge in [-0.15, -0.1) is 11.3 Å². The Morgan fingerprint density at radius 3 is 2.74 bits per heavy atom. The molecular formula is C33H36ClF2N7O3S. The van der Waals surface area contributed by atoms with Crippen molar-refractivity contribution in [2.45, 2.75) is 58.2 Å². The number of thiophene rings is 1. The fourth-order valence-electron chi connectivity index (χ4n) is 6.18. The predicted octanol–water partition coefficient (Wildman–Crippen LogP) is 6.93. The van der Waals surface area contributed by atoms with Gasteiger partial charge >= 0.3 is 12.1 Å². The number of likely N-dealkylation sites (N-methyl/N-ethyl adjacent to an activating group) is 1. The van der Waals surface area contributed by atoms with Gasteiger partial charge < -0.3 is 24.6 Å². The van der Waals surface area contributed by atoms with E-state index in [0.717, 1.165) is 37.3 Å². The number of hydrogen-bond acceptors (Lipinski definition) is 10. The summed E-state index contributed by atoms with van der Waals surface area (Å²) in [6.07, 6.45) is 1.24. The summed E-state index contributed by atoms with van der Waals surface area (Å²) >= 11 is 7.73. The van der Waals surface area contributed by atoms with Crippen LogP contribution in [0.3, 0.4) is 0 Å². The lowest BCUT2D eigenvalue weighted by Gasteiger charge is -2.35. The third-order valence-corrected chi connectivity index (χ3v) is 9.89. The Balaban J connectivity index is 1.51. The van der Waals surface area contributed by atoms with Crippen LogP contribution in [-0.4, -0.2) is 78.5 Å². The zero-order chi connectivity index (χ0) is 33.6. The van der Waals surface area contributed by atoms with Crippen molar-refractivity contribution in [3.8, 4) is 23.2 Å². The first-order valence-electron chi connectivity index (χ1n) is 15.5. The molecule has 0 radical (unpaired) electrons. The Morgan fingerprint density at radius 2 is 2.06 bits per heavy atom. The molecule has 2 fully saturated rings. The maximum Gasteiger partial charge on any atom is 0.412 e. The smallest absolute Gasteiger partial charge is 0.412 e. The highest BCUT2D eigenvalue weighted by molar-refractivity contribution is 7.23. The van der Waals surface area contributed by atoms with Crippen molar-refractivity contribution in [2.24, 2.45) is 0 Å². The first kappa shape index (κ1) is 33.1. The maximum absolute atomic E-state index is 17.0. The molecule has 14 heteroatoms. The van der Waals surface area contributed by atoms with Gasteiger partial charge in [-0.1, -0.05) is 17.7 Å². The first-order chi connectivity index (χ1) is 22.4. The van der Waals surface area contributed by atoms with E-state index in [4.69, 9.17) is 26.1 Å². The van der Waals surface area contributed by atoms with Gasteiger partial charge in [0.25, 0.3) is 0 Å². The van der Waals surface area contributed by atoms with Crippen LogP contribution in [-0.2, 0) is 4.74 Å². The summed E-state index contributed by atoms with van der Waals surface area (Å²) in [6, 6.07) is 6.53. The Bertz CT molecular complexity index is 1910. The zero-order valence-electron chi connectivity index (χ0n) is 26.8. The summed E-state index contributed by atoms with van der Waals surface area (Å²) in [5, 5.41) is 16.8. The number of anilines is 2. The number of carbonyl (C=O) groups is 1. The Hall–Kier alpha value is -3.83. The lowest BCUT2D eigenvalue weighted by molar-refractivity contribution is 0.0636. The van der Waals surface area contributed by atoms with Gasteiger partial charge in [0.1, 0.15) is 40.4 Å². The van der Waals surface area contributed by atoms with Gasteiger partial charge in [0.15, 0.2) is 5.82 Å². The minimum atomic E-state index is -0.805. The molecule has 2 aliphatic heterocycles. The van der Waals surface area contributed by atoms with Gasteiger partial charge in [-0.05, 0) is 71.8 Å². The third kappa shape index (κ3) is 6.52. The number of halogens is 3. The van der Waals surface area contributed by atoms with Crippen LogP contribution in [0, 0.1) is 23.0 Å². The molecule has 0 bridgehead atoms. The average molecular weight is 684 g/mol.